The van der Waals surface area contributed by atoms with Crippen LogP contribution in [0.25, 0.3) is 17.0 Å². The van der Waals surface area contributed by atoms with Gasteiger partial charge < -0.3 is 5.73 Å². The van der Waals surface area contributed by atoms with Gasteiger partial charge in [0, 0.05) is 21.6 Å². The lowest BCUT2D eigenvalue weighted by molar-refractivity contribution is -0.115. The van der Waals surface area contributed by atoms with Gasteiger partial charge in [0.15, 0.2) is 0 Å². The summed E-state index contributed by atoms with van der Waals surface area (Å²) in [5, 5.41) is 3.06. The molecule has 2 aromatic carbocycles. The largest absolute Gasteiger partial charge is 0.369 e. The van der Waals surface area contributed by atoms with Crippen LogP contribution in [0.1, 0.15) is 11.1 Å². The number of nitrogens with two attached hydrogens (primary N) is 1. The molecule has 0 fully saturated rings. The lowest BCUT2D eigenvalue weighted by Crippen LogP contribution is -2.30. The molecule has 2 heterocycles. The summed E-state index contributed by atoms with van der Waals surface area (Å²) >= 11 is 3.41. The molecular formula is C19H15BrN4O3S. The Kier molecular flexibility index (Phi) is 4.35. The number of amides is 1. The van der Waals surface area contributed by atoms with Crippen LogP contribution in [0.3, 0.4) is 0 Å². The third-order valence-electron chi connectivity index (χ3n) is 4.35. The van der Waals surface area contributed by atoms with Crippen molar-refractivity contribution < 1.29 is 13.2 Å². The molecule has 28 heavy (non-hydrogen) atoms. The number of hydrogen-bond donors (Lipinski definition) is 2. The van der Waals surface area contributed by atoms with Crippen molar-refractivity contribution in [1.82, 2.24) is 9.29 Å². The summed E-state index contributed by atoms with van der Waals surface area (Å²) in [4.78, 5) is 16.1. The molecular weight excluding hydrogens is 444 g/mol. The van der Waals surface area contributed by atoms with Gasteiger partial charge in [-0.05, 0) is 43.3 Å². The Labute approximate surface area is 169 Å². The predicted molar refractivity (Wildman–Crippen MR) is 111 cm³/mol. The summed E-state index contributed by atoms with van der Waals surface area (Å²) in [6, 6.07) is 11.9. The number of aliphatic imine (C=N–C) groups is 1. The molecule has 0 atom stereocenters. The van der Waals surface area contributed by atoms with Crippen LogP contribution >= 0.6 is 15.9 Å². The van der Waals surface area contributed by atoms with Crippen LogP contribution in [0.2, 0.25) is 0 Å². The normalized spacial score (nSPS) is 15.9. The molecule has 0 bridgehead atoms. The van der Waals surface area contributed by atoms with Gasteiger partial charge in [0.25, 0.3) is 15.9 Å². The first-order chi connectivity index (χ1) is 13.3. The Hall–Kier alpha value is -2.91. The van der Waals surface area contributed by atoms with Gasteiger partial charge in [-0.2, -0.15) is 0 Å². The highest BCUT2D eigenvalue weighted by atomic mass is 79.9. The van der Waals surface area contributed by atoms with Crippen molar-refractivity contribution in [2.75, 3.05) is 0 Å². The molecule has 1 aliphatic rings. The monoisotopic (exact) mass is 458 g/mol. The van der Waals surface area contributed by atoms with E-state index in [0.717, 1.165) is 10.0 Å². The number of rotatable bonds is 3. The number of carbonyl (C=O) groups is 1. The Morgan fingerprint density at radius 2 is 1.89 bits per heavy atom. The number of nitrogens with zero attached hydrogens (tertiary/aromatic N) is 2. The highest BCUT2D eigenvalue weighted by molar-refractivity contribution is 9.10. The minimum atomic E-state index is -3.82. The van der Waals surface area contributed by atoms with Crippen molar-refractivity contribution in [3.05, 3.63) is 70.0 Å². The molecule has 0 saturated carbocycles. The van der Waals surface area contributed by atoms with E-state index in [1.807, 2.05) is 6.92 Å². The molecule has 142 valence electrons. The fraction of sp³-hybridized carbons (Fsp3) is 0.0526. The van der Waals surface area contributed by atoms with Gasteiger partial charge >= 0.3 is 0 Å². The van der Waals surface area contributed by atoms with Crippen LogP contribution in [0, 0.1) is 6.92 Å². The molecule has 9 heteroatoms. The molecule has 0 unspecified atom stereocenters. The number of carbonyl (C=O) groups excluding carboxylic acids is 1. The Balaban J connectivity index is 1.95. The Bertz CT molecular complexity index is 1290. The summed E-state index contributed by atoms with van der Waals surface area (Å²) < 4.78 is 28.4. The Morgan fingerprint density at radius 1 is 1.18 bits per heavy atom. The van der Waals surface area contributed by atoms with E-state index >= 15 is 0 Å². The van der Waals surface area contributed by atoms with Crippen molar-refractivity contribution in [2.45, 2.75) is 11.8 Å². The quantitative estimate of drug-likeness (QED) is 0.588. The van der Waals surface area contributed by atoms with E-state index in [0.29, 0.717) is 16.5 Å². The van der Waals surface area contributed by atoms with E-state index in [9.17, 15) is 13.2 Å². The topological polar surface area (TPSA) is 107 Å². The minimum Gasteiger partial charge on any atom is -0.369 e. The van der Waals surface area contributed by atoms with Crippen LogP contribution in [0.5, 0.6) is 0 Å². The molecule has 7 nitrogen and oxygen atoms in total. The molecule has 1 amide bonds. The van der Waals surface area contributed by atoms with Crippen LogP contribution < -0.4 is 11.1 Å². The zero-order valence-electron chi connectivity index (χ0n) is 14.7. The maximum Gasteiger partial charge on any atom is 0.276 e. The smallest absolute Gasteiger partial charge is 0.276 e. The van der Waals surface area contributed by atoms with E-state index in [4.69, 9.17) is 5.73 Å². The molecule has 0 aliphatic carbocycles. The third kappa shape index (κ3) is 3.12. The van der Waals surface area contributed by atoms with E-state index in [1.165, 1.54) is 16.2 Å². The first kappa shape index (κ1) is 18.5. The number of aryl methyl sites for hydroxylation is 1. The fourth-order valence-corrected chi connectivity index (χ4v) is 4.71. The highest BCUT2D eigenvalue weighted by Gasteiger charge is 2.23. The number of benzene rings is 2. The van der Waals surface area contributed by atoms with Crippen molar-refractivity contribution in [3.63, 3.8) is 0 Å². The van der Waals surface area contributed by atoms with Crippen LogP contribution in [0.4, 0.5) is 0 Å². The van der Waals surface area contributed by atoms with E-state index < -0.39 is 15.9 Å². The zero-order valence-corrected chi connectivity index (χ0v) is 17.1. The van der Waals surface area contributed by atoms with Crippen LogP contribution in [-0.2, 0) is 14.8 Å². The van der Waals surface area contributed by atoms with Crippen molar-refractivity contribution in [1.29, 1.82) is 0 Å². The fourth-order valence-electron chi connectivity index (χ4n) is 2.97. The van der Waals surface area contributed by atoms with Crippen molar-refractivity contribution >= 4 is 54.8 Å². The highest BCUT2D eigenvalue weighted by Crippen LogP contribution is 2.30. The third-order valence-corrected chi connectivity index (χ3v) is 6.53. The van der Waals surface area contributed by atoms with Gasteiger partial charge in [-0.15, -0.1) is 0 Å². The van der Waals surface area contributed by atoms with Crippen LogP contribution in [0.15, 0.2) is 68.7 Å². The zero-order chi connectivity index (χ0) is 20.1. The first-order valence-electron chi connectivity index (χ1n) is 8.26. The minimum absolute atomic E-state index is 0.00782. The van der Waals surface area contributed by atoms with Gasteiger partial charge in [-0.3, -0.25) is 10.1 Å². The molecule has 0 radical (unpaired) electrons. The van der Waals surface area contributed by atoms with E-state index in [-0.39, 0.29) is 16.6 Å². The van der Waals surface area contributed by atoms with Gasteiger partial charge in [-0.1, -0.05) is 33.6 Å². The summed E-state index contributed by atoms with van der Waals surface area (Å²) in [6.45, 7) is 1.89. The first-order valence-corrected chi connectivity index (χ1v) is 10.5. The van der Waals surface area contributed by atoms with Gasteiger partial charge in [0.2, 0.25) is 5.96 Å². The number of hydrogen-bond acceptors (Lipinski definition) is 5. The second kappa shape index (κ2) is 6.61. The molecule has 0 saturated heterocycles. The molecule has 3 N–H and O–H groups in total. The van der Waals surface area contributed by atoms with Gasteiger partial charge in [0.05, 0.1) is 10.4 Å². The van der Waals surface area contributed by atoms with Crippen LogP contribution in [-0.4, -0.2) is 24.3 Å². The molecule has 1 aromatic heterocycles. The summed E-state index contributed by atoms with van der Waals surface area (Å²) in [5.41, 5.74) is 7.65. The molecule has 1 aliphatic heterocycles. The Morgan fingerprint density at radius 3 is 2.54 bits per heavy atom. The summed E-state index contributed by atoms with van der Waals surface area (Å²) in [5.74, 6) is -0.428. The summed E-state index contributed by atoms with van der Waals surface area (Å²) in [6.07, 6.45) is 3.00. The number of halogens is 1. The van der Waals surface area contributed by atoms with Gasteiger partial charge in [0.1, 0.15) is 5.70 Å². The summed E-state index contributed by atoms with van der Waals surface area (Å²) in [7, 11) is -3.82. The average Bonchev–Trinajstić information content (AvgIpc) is 3.15. The van der Waals surface area contributed by atoms with E-state index in [1.54, 1.807) is 42.5 Å². The lowest BCUT2D eigenvalue weighted by atomic mass is 10.1. The maximum absolute atomic E-state index is 13.2. The predicted octanol–water partition coefficient (Wildman–Crippen LogP) is 2.73. The molecule has 4 rings (SSSR count). The molecule has 0 spiro atoms. The van der Waals surface area contributed by atoms with Crippen molar-refractivity contribution in [2.24, 2.45) is 10.7 Å². The SMILES string of the molecule is Cc1ccc(S(=O)(=O)n2cc(/C=C3/N=C(N)NC3=O)c3cc(Br)ccc32)cc1. The van der Waals surface area contributed by atoms with Gasteiger partial charge in [-0.25, -0.2) is 17.4 Å². The number of fused-ring (bicyclic) bond motifs is 1. The van der Waals surface area contributed by atoms with E-state index in [2.05, 4.69) is 26.2 Å². The number of guanidine groups is 1. The van der Waals surface area contributed by atoms with Crippen molar-refractivity contribution in [3.8, 4) is 0 Å². The second-order valence-electron chi connectivity index (χ2n) is 6.34. The standard InChI is InChI=1S/C19H15BrN4O3S/c1-11-2-5-14(6-3-11)28(26,27)24-10-12(8-16-18(25)23-19(21)22-16)15-9-13(20)4-7-17(15)24/h2-10H,1H3,(H3,21,22,23,25)/b16-8+. The lowest BCUT2D eigenvalue weighted by Gasteiger charge is -2.08. The average molecular weight is 459 g/mol. The number of nitrogens with one attached hydrogen (secondary N) is 1. The number of aromatic nitrogens is 1. The maximum atomic E-state index is 13.2. The molecule has 3 aromatic rings. The second-order valence-corrected chi connectivity index (χ2v) is 9.07.